The molecule has 0 aliphatic carbocycles. The lowest BCUT2D eigenvalue weighted by atomic mass is 10.1. The summed E-state index contributed by atoms with van der Waals surface area (Å²) >= 11 is 0. The van der Waals surface area contributed by atoms with E-state index in [1.165, 1.54) is 5.56 Å². The molecule has 3 rings (SSSR count). The Hall–Kier alpha value is -2.04. The van der Waals surface area contributed by atoms with Crippen LogP contribution in [0.5, 0.6) is 5.75 Å². The van der Waals surface area contributed by atoms with E-state index in [0.29, 0.717) is 6.54 Å². The Morgan fingerprint density at radius 2 is 2.20 bits per heavy atom. The highest BCUT2D eigenvalue weighted by molar-refractivity contribution is 5.52. The summed E-state index contributed by atoms with van der Waals surface area (Å²) in [6, 6.07) is 6.21. The minimum Gasteiger partial charge on any atom is -0.493 e. The predicted octanol–water partition coefficient (Wildman–Crippen LogP) is 2.58. The van der Waals surface area contributed by atoms with Gasteiger partial charge in [0.2, 0.25) is 0 Å². The van der Waals surface area contributed by atoms with Gasteiger partial charge in [0.05, 0.1) is 24.9 Å². The molecular weight excluding hydrogens is 252 g/mol. The summed E-state index contributed by atoms with van der Waals surface area (Å²) < 4.78 is 7.39. The lowest BCUT2D eigenvalue weighted by Gasteiger charge is -2.17. The lowest BCUT2D eigenvalue weighted by Crippen LogP contribution is -2.22. The molecule has 5 heteroatoms. The number of ether oxygens (including phenoxy) is 1. The molecule has 0 saturated heterocycles. The van der Waals surface area contributed by atoms with Gasteiger partial charge in [-0.3, -0.25) is 0 Å². The van der Waals surface area contributed by atoms with Crippen LogP contribution in [-0.2, 0) is 18.5 Å². The van der Waals surface area contributed by atoms with Crippen LogP contribution in [0.4, 0.5) is 5.69 Å². The van der Waals surface area contributed by atoms with E-state index in [2.05, 4.69) is 42.5 Å². The molecule has 2 heterocycles. The van der Waals surface area contributed by atoms with Crippen molar-refractivity contribution in [3.63, 3.8) is 0 Å². The van der Waals surface area contributed by atoms with Crippen molar-refractivity contribution in [1.29, 1.82) is 0 Å². The minimum atomic E-state index is -0.0316. The number of nitrogens with one attached hydrogen (secondary N) is 1. The fraction of sp³-hybridized carbons (Fsp3) is 0.467. The first-order chi connectivity index (χ1) is 9.52. The number of benzene rings is 1. The standard InChI is InChI=1S/C15H20N4O/c1-15(2,3)19-10-13(17-18-19)9-16-12-4-5-14-11(8-12)6-7-20-14/h4-5,8,10,16H,6-7,9H2,1-3H3. The van der Waals surface area contributed by atoms with Crippen molar-refractivity contribution >= 4 is 5.69 Å². The SMILES string of the molecule is CC(C)(C)n1cc(CNc2ccc3c(c2)CCO3)nn1. The second-order valence-electron chi connectivity index (χ2n) is 6.10. The van der Waals surface area contributed by atoms with Crippen molar-refractivity contribution in [3.05, 3.63) is 35.7 Å². The highest BCUT2D eigenvalue weighted by Gasteiger charge is 2.15. The van der Waals surface area contributed by atoms with Gasteiger partial charge in [-0.2, -0.15) is 0 Å². The second kappa shape index (κ2) is 4.81. The fourth-order valence-electron chi connectivity index (χ4n) is 2.20. The highest BCUT2D eigenvalue weighted by atomic mass is 16.5. The smallest absolute Gasteiger partial charge is 0.122 e. The van der Waals surface area contributed by atoms with Crippen molar-refractivity contribution in [3.8, 4) is 5.75 Å². The van der Waals surface area contributed by atoms with E-state index in [4.69, 9.17) is 4.74 Å². The van der Waals surface area contributed by atoms with Crippen LogP contribution in [0.25, 0.3) is 0 Å². The molecule has 5 nitrogen and oxygen atoms in total. The third-order valence-corrected chi connectivity index (χ3v) is 3.39. The summed E-state index contributed by atoms with van der Waals surface area (Å²) in [6.07, 6.45) is 2.98. The van der Waals surface area contributed by atoms with Crippen LogP contribution in [0.2, 0.25) is 0 Å². The zero-order valence-electron chi connectivity index (χ0n) is 12.2. The van der Waals surface area contributed by atoms with Gasteiger partial charge in [0.1, 0.15) is 11.4 Å². The van der Waals surface area contributed by atoms with Gasteiger partial charge in [0, 0.05) is 12.1 Å². The Balaban J connectivity index is 1.66. The maximum atomic E-state index is 5.50. The van der Waals surface area contributed by atoms with Crippen LogP contribution in [0.3, 0.4) is 0 Å². The molecule has 0 spiro atoms. The number of hydrogen-bond donors (Lipinski definition) is 1. The Labute approximate surface area is 118 Å². The van der Waals surface area contributed by atoms with Gasteiger partial charge in [-0.15, -0.1) is 5.10 Å². The van der Waals surface area contributed by atoms with E-state index >= 15 is 0 Å². The van der Waals surface area contributed by atoms with E-state index in [9.17, 15) is 0 Å². The first kappa shape index (κ1) is 13.0. The molecule has 0 bridgehead atoms. The Kier molecular flexibility index (Phi) is 3.12. The molecule has 106 valence electrons. The molecular formula is C15H20N4O. The average molecular weight is 272 g/mol. The monoisotopic (exact) mass is 272 g/mol. The molecule has 0 amide bonds. The number of rotatable bonds is 3. The summed E-state index contributed by atoms with van der Waals surface area (Å²) in [7, 11) is 0. The normalized spacial score (nSPS) is 13.9. The summed E-state index contributed by atoms with van der Waals surface area (Å²) in [5, 5.41) is 11.7. The van der Waals surface area contributed by atoms with E-state index in [1.54, 1.807) is 0 Å². The minimum absolute atomic E-state index is 0.0316. The van der Waals surface area contributed by atoms with Gasteiger partial charge >= 0.3 is 0 Å². The molecule has 0 fully saturated rings. The quantitative estimate of drug-likeness (QED) is 0.933. The second-order valence-corrected chi connectivity index (χ2v) is 6.10. The Bertz CT molecular complexity index is 613. The predicted molar refractivity (Wildman–Crippen MR) is 78.0 cm³/mol. The van der Waals surface area contributed by atoms with E-state index < -0.39 is 0 Å². The third kappa shape index (κ3) is 2.61. The molecule has 20 heavy (non-hydrogen) atoms. The fourth-order valence-corrected chi connectivity index (χ4v) is 2.20. The summed E-state index contributed by atoms with van der Waals surface area (Å²) in [4.78, 5) is 0. The number of fused-ring (bicyclic) bond motifs is 1. The highest BCUT2D eigenvalue weighted by Crippen LogP contribution is 2.27. The summed E-state index contributed by atoms with van der Waals surface area (Å²) in [5.41, 5.74) is 3.28. The van der Waals surface area contributed by atoms with E-state index in [1.807, 2.05) is 23.0 Å². The van der Waals surface area contributed by atoms with Gasteiger partial charge in [-0.05, 0) is 44.5 Å². The molecule has 1 aromatic heterocycles. The van der Waals surface area contributed by atoms with Gasteiger partial charge < -0.3 is 10.1 Å². The van der Waals surface area contributed by atoms with Crippen molar-refractivity contribution in [1.82, 2.24) is 15.0 Å². The van der Waals surface area contributed by atoms with Crippen LogP contribution in [0.15, 0.2) is 24.4 Å². The molecule has 1 aliphatic heterocycles. The lowest BCUT2D eigenvalue weighted by molar-refractivity contribution is 0.347. The van der Waals surface area contributed by atoms with Gasteiger partial charge in [0.15, 0.2) is 0 Å². The van der Waals surface area contributed by atoms with Crippen LogP contribution < -0.4 is 10.1 Å². The van der Waals surface area contributed by atoms with Gasteiger partial charge in [0.25, 0.3) is 0 Å². The third-order valence-electron chi connectivity index (χ3n) is 3.39. The number of hydrogen-bond acceptors (Lipinski definition) is 4. The molecule has 2 aromatic rings. The van der Waals surface area contributed by atoms with Crippen LogP contribution >= 0.6 is 0 Å². The summed E-state index contributed by atoms with van der Waals surface area (Å²) in [6.45, 7) is 7.80. The average Bonchev–Trinajstić information content (AvgIpc) is 3.04. The largest absolute Gasteiger partial charge is 0.493 e. The summed E-state index contributed by atoms with van der Waals surface area (Å²) in [5.74, 6) is 1.01. The maximum Gasteiger partial charge on any atom is 0.122 e. The maximum absolute atomic E-state index is 5.50. The van der Waals surface area contributed by atoms with Crippen LogP contribution in [0.1, 0.15) is 32.0 Å². The molecule has 0 radical (unpaired) electrons. The van der Waals surface area contributed by atoms with Crippen molar-refractivity contribution < 1.29 is 4.74 Å². The van der Waals surface area contributed by atoms with Gasteiger partial charge in [-0.1, -0.05) is 5.21 Å². The van der Waals surface area contributed by atoms with Gasteiger partial charge in [-0.25, -0.2) is 4.68 Å². The Morgan fingerprint density at radius 1 is 1.35 bits per heavy atom. The van der Waals surface area contributed by atoms with E-state index in [0.717, 1.165) is 30.2 Å². The number of aromatic nitrogens is 3. The first-order valence-corrected chi connectivity index (χ1v) is 6.94. The van der Waals surface area contributed by atoms with Crippen LogP contribution in [0, 0.1) is 0 Å². The van der Waals surface area contributed by atoms with Crippen LogP contribution in [-0.4, -0.2) is 21.6 Å². The zero-order valence-corrected chi connectivity index (χ0v) is 12.2. The molecule has 0 unspecified atom stereocenters. The zero-order chi connectivity index (χ0) is 14.2. The first-order valence-electron chi connectivity index (χ1n) is 6.94. The number of anilines is 1. The topological polar surface area (TPSA) is 52.0 Å². The van der Waals surface area contributed by atoms with E-state index in [-0.39, 0.29) is 5.54 Å². The Morgan fingerprint density at radius 3 is 2.95 bits per heavy atom. The molecule has 0 atom stereocenters. The van der Waals surface area contributed by atoms with Crippen molar-refractivity contribution in [2.45, 2.75) is 39.3 Å². The van der Waals surface area contributed by atoms with Crippen molar-refractivity contribution in [2.75, 3.05) is 11.9 Å². The molecule has 0 saturated carbocycles. The molecule has 1 N–H and O–H groups in total. The molecule has 1 aliphatic rings. The molecule has 1 aromatic carbocycles. The van der Waals surface area contributed by atoms with Crippen molar-refractivity contribution in [2.24, 2.45) is 0 Å². The number of nitrogens with zero attached hydrogens (tertiary/aromatic N) is 3.